The van der Waals surface area contributed by atoms with E-state index in [-0.39, 0.29) is 17.0 Å². The van der Waals surface area contributed by atoms with E-state index in [0.717, 1.165) is 4.48 Å². The van der Waals surface area contributed by atoms with Gasteiger partial charge >= 0.3 is 0 Å². The lowest BCUT2D eigenvalue weighted by molar-refractivity contribution is -0.870. The summed E-state index contributed by atoms with van der Waals surface area (Å²) in [5.74, 6) is 0. The van der Waals surface area contributed by atoms with Gasteiger partial charge in [0.15, 0.2) is 0 Å². The SMILES string of the molecule is CCCCCCCCCCCCN(CCCCCCCCCCCC)CCC[N+](C)(C)C.[Br-]. The van der Waals surface area contributed by atoms with Crippen molar-refractivity contribution in [3.05, 3.63) is 0 Å². The minimum Gasteiger partial charge on any atom is -1.00 e. The number of hydrogen-bond acceptors (Lipinski definition) is 1. The third-order valence-electron chi connectivity index (χ3n) is 6.96. The molecule has 0 bridgehead atoms. The molecule has 33 heavy (non-hydrogen) atoms. The molecule has 202 valence electrons. The second-order valence-electron chi connectivity index (χ2n) is 11.6. The van der Waals surface area contributed by atoms with E-state index in [1.54, 1.807) is 0 Å². The largest absolute Gasteiger partial charge is 1.00 e. The second kappa shape index (κ2) is 27.0. The minimum absolute atomic E-state index is 0. The van der Waals surface area contributed by atoms with E-state index < -0.39 is 0 Å². The van der Waals surface area contributed by atoms with Gasteiger partial charge in [0.2, 0.25) is 0 Å². The highest BCUT2D eigenvalue weighted by molar-refractivity contribution is 4.60. The van der Waals surface area contributed by atoms with Crippen LogP contribution in [-0.4, -0.2) is 56.7 Å². The van der Waals surface area contributed by atoms with Crippen LogP contribution in [0.3, 0.4) is 0 Å². The van der Waals surface area contributed by atoms with Crippen LogP contribution in [0.25, 0.3) is 0 Å². The molecule has 0 N–H and O–H groups in total. The van der Waals surface area contributed by atoms with E-state index in [9.17, 15) is 0 Å². The van der Waals surface area contributed by atoms with Gasteiger partial charge in [-0.05, 0) is 25.9 Å². The van der Waals surface area contributed by atoms with Crippen LogP contribution in [0.1, 0.15) is 149 Å². The number of hydrogen-bond donors (Lipinski definition) is 0. The third kappa shape index (κ3) is 30.4. The average Bonchev–Trinajstić information content (AvgIpc) is 2.75. The van der Waals surface area contributed by atoms with Crippen molar-refractivity contribution in [1.82, 2.24) is 4.90 Å². The van der Waals surface area contributed by atoms with Crippen LogP contribution in [0, 0.1) is 0 Å². The lowest BCUT2D eigenvalue weighted by Crippen LogP contribution is -3.00. The molecule has 0 rings (SSSR count). The lowest BCUT2D eigenvalue weighted by atomic mass is 10.1. The Morgan fingerprint density at radius 3 is 0.970 bits per heavy atom. The van der Waals surface area contributed by atoms with Gasteiger partial charge in [0.05, 0.1) is 27.7 Å². The molecular formula is C30H65BrN2. The van der Waals surface area contributed by atoms with E-state index in [1.807, 2.05) is 0 Å². The van der Waals surface area contributed by atoms with E-state index in [4.69, 9.17) is 0 Å². The van der Waals surface area contributed by atoms with Crippen molar-refractivity contribution in [2.45, 2.75) is 149 Å². The van der Waals surface area contributed by atoms with Crippen molar-refractivity contribution in [1.29, 1.82) is 0 Å². The maximum absolute atomic E-state index is 2.80. The molecule has 0 saturated carbocycles. The predicted octanol–water partition coefficient (Wildman–Crippen LogP) is 6.23. The molecule has 0 aromatic carbocycles. The summed E-state index contributed by atoms with van der Waals surface area (Å²) in [6.07, 6.45) is 30.2. The predicted molar refractivity (Wildman–Crippen MR) is 148 cm³/mol. The van der Waals surface area contributed by atoms with E-state index in [0.29, 0.717) is 0 Å². The molecule has 0 aromatic heterocycles. The summed E-state index contributed by atoms with van der Waals surface area (Å²) in [7, 11) is 6.98. The third-order valence-corrected chi connectivity index (χ3v) is 6.96. The monoisotopic (exact) mass is 532 g/mol. The van der Waals surface area contributed by atoms with Crippen molar-refractivity contribution in [3.8, 4) is 0 Å². The van der Waals surface area contributed by atoms with Crippen LogP contribution in [0.4, 0.5) is 0 Å². The van der Waals surface area contributed by atoms with E-state index >= 15 is 0 Å². The molecule has 0 unspecified atom stereocenters. The van der Waals surface area contributed by atoms with Crippen molar-refractivity contribution < 1.29 is 21.5 Å². The Bertz CT molecular complexity index is 330. The van der Waals surface area contributed by atoms with Crippen molar-refractivity contribution in [3.63, 3.8) is 0 Å². The molecule has 0 radical (unpaired) electrons. The van der Waals surface area contributed by atoms with Crippen molar-refractivity contribution >= 4 is 0 Å². The van der Waals surface area contributed by atoms with Crippen LogP contribution in [0.5, 0.6) is 0 Å². The maximum Gasteiger partial charge on any atom is 0.0792 e. The molecule has 0 saturated heterocycles. The van der Waals surface area contributed by atoms with Gasteiger partial charge in [-0.25, -0.2) is 0 Å². The fraction of sp³-hybridized carbons (Fsp3) is 1.00. The fourth-order valence-electron chi connectivity index (χ4n) is 4.75. The molecule has 0 amide bonds. The van der Waals surface area contributed by atoms with Crippen LogP contribution in [-0.2, 0) is 0 Å². The quantitative estimate of drug-likeness (QED) is 0.0941. The first-order valence-corrected chi connectivity index (χ1v) is 15.0. The minimum atomic E-state index is 0. The number of quaternary nitrogens is 1. The summed E-state index contributed by atoms with van der Waals surface area (Å²) in [6.45, 7) is 9.90. The Morgan fingerprint density at radius 2 is 0.667 bits per heavy atom. The first-order chi connectivity index (χ1) is 15.5. The van der Waals surface area contributed by atoms with Crippen LogP contribution in [0.15, 0.2) is 0 Å². The first-order valence-electron chi connectivity index (χ1n) is 15.0. The molecule has 0 atom stereocenters. The molecule has 0 heterocycles. The summed E-state index contributed by atoms with van der Waals surface area (Å²) in [5, 5.41) is 0. The molecular weight excluding hydrogens is 468 g/mol. The van der Waals surface area contributed by atoms with Gasteiger partial charge in [0, 0.05) is 13.0 Å². The molecule has 0 aliphatic carbocycles. The van der Waals surface area contributed by atoms with Gasteiger partial charge in [-0.3, -0.25) is 0 Å². The van der Waals surface area contributed by atoms with Crippen molar-refractivity contribution in [2.75, 3.05) is 47.3 Å². The van der Waals surface area contributed by atoms with Gasteiger partial charge < -0.3 is 26.4 Å². The highest BCUT2D eigenvalue weighted by atomic mass is 79.9. The average molecular weight is 534 g/mol. The number of halogens is 1. The summed E-state index contributed by atoms with van der Waals surface area (Å²) >= 11 is 0. The number of nitrogens with zero attached hydrogens (tertiary/aromatic N) is 2. The van der Waals surface area contributed by atoms with Gasteiger partial charge in [0.1, 0.15) is 0 Å². The summed E-state index contributed by atoms with van der Waals surface area (Å²) in [6, 6.07) is 0. The molecule has 0 aromatic rings. The standard InChI is InChI=1S/C30H65N2.BrH/c1-6-8-10-12-14-16-18-20-22-24-27-31(29-26-30-32(3,4)5)28-25-23-21-19-17-15-13-11-9-7-2;/h6-30H2,1-5H3;1H/q+1;/p-1. The summed E-state index contributed by atoms with van der Waals surface area (Å²) in [5.41, 5.74) is 0. The summed E-state index contributed by atoms with van der Waals surface area (Å²) in [4.78, 5) is 2.80. The van der Waals surface area contributed by atoms with Crippen LogP contribution >= 0.6 is 0 Å². The molecule has 3 heteroatoms. The second-order valence-corrected chi connectivity index (χ2v) is 11.6. The van der Waals surface area contributed by atoms with Gasteiger partial charge in [0.25, 0.3) is 0 Å². The number of unbranched alkanes of at least 4 members (excludes halogenated alkanes) is 18. The Balaban J connectivity index is 0. The highest BCUT2D eigenvalue weighted by Gasteiger charge is 2.10. The van der Waals surface area contributed by atoms with Gasteiger partial charge in [-0.2, -0.15) is 0 Å². The Kier molecular flexibility index (Phi) is 29.1. The normalized spacial score (nSPS) is 11.8. The Morgan fingerprint density at radius 1 is 0.394 bits per heavy atom. The van der Waals surface area contributed by atoms with E-state index in [1.165, 1.54) is 161 Å². The highest BCUT2D eigenvalue weighted by Crippen LogP contribution is 2.13. The zero-order chi connectivity index (χ0) is 23.8. The fourth-order valence-corrected chi connectivity index (χ4v) is 4.75. The van der Waals surface area contributed by atoms with Gasteiger partial charge in [-0.15, -0.1) is 0 Å². The number of rotatable bonds is 26. The van der Waals surface area contributed by atoms with Crippen molar-refractivity contribution in [2.24, 2.45) is 0 Å². The van der Waals surface area contributed by atoms with E-state index in [2.05, 4.69) is 39.9 Å². The molecule has 0 aliphatic rings. The van der Waals surface area contributed by atoms with Gasteiger partial charge in [-0.1, -0.05) is 129 Å². The first kappa shape index (κ1) is 35.6. The zero-order valence-electron chi connectivity index (χ0n) is 24.0. The van der Waals surface area contributed by atoms with Crippen LogP contribution < -0.4 is 17.0 Å². The molecule has 0 fully saturated rings. The molecule has 0 spiro atoms. The smallest absolute Gasteiger partial charge is 0.0792 e. The molecule has 2 nitrogen and oxygen atoms in total. The molecule has 0 aliphatic heterocycles. The van der Waals surface area contributed by atoms with Crippen LogP contribution in [0.2, 0.25) is 0 Å². The Hall–Kier alpha value is 0.400. The lowest BCUT2D eigenvalue weighted by Gasteiger charge is -2.27. The Labute approximate surface area is 222 Å². The maximum atomic E-state index is 2.80. The zero-order valence-corrected chi connectivity index (χ0v) is 25.5. The topological polar surface area (TPSA) is 3.24 Å². The summed E-state index contributed by atoms with van der Waals surface area (Å²) < 4.78 is 1.10.